The van der Waals surface area contributed by atoms with Crippen LogP contribution >= 0.6 is 11.6 Å². The van der Waals surface area contributed by atoms with Crippen molar-refractivity contribution in [3.05, 3.63) is 58.2 Å². The molecular weight excluding hydrogens is 404 g/mol. The first-order valence-corrected chi connectivity index (χ1v) is 10.2. The van der Waals surface area contributed by atoms with Crippen molar-refractivity contribution in [1.82, 2.24) is 19.3 Å². The van der Waals surface area contributed by atoms with E-state index in [0.29, 0.717) is 27.8 Å². The van der Waals surface area contributed by atoms with Crippen molar-refractivity contribution < 1.29 is 9.84 Å². The van der Waals surface area contributed by atoms with E-state index in [9.17, 15) is 9.90 Å². The summed E-state index contributed by atoms with van der Waals surface area (Å²) in [6, 6.07) is 8.91. The molecule has 3 aromatic rings. The summed E-state index contributed by atoms with van der Waals surface area (Å²) in [5.41, 5.74) is 0.442. The van der Waals surface area contributed by atoms with Gasteiger partial charge in [-0.3, -0.25) is 4.98 Å². The van der Waals surface area contributed by atoms with Gasteiger partial charge in [0.05, 0.1) is 29.5 Å². The van der Waals surface area contributed by atoms with E-state index in [0.717, 1.165) is 0 Å². The summed E-state index contributed by atoms with van der Waals surface area (Å²) in [5, 5.41) is 15.4. The second kappa shape index (κ2) is 8.62. The number of hydrogen-bond donors (Lipinski definition) is 1. The molecule has 1 N–H and O–H groups in total. The van der Waals surface area contributed by atoms with Crippen molar-refractivity contribution in [3.63, 3.8) is 0 Å². The summed E-state index contributed by atoms with van der Waals surface area (Å²) in [7, 11) is 0. The molecule has 30 heavy (non-hydrogen) atoms. The Kier molecular flexibility index (Phi) is 6.33. The molecule has 0 fully saturated rings. The summed E-state index contributed by atoms with van der Waals surface area (Å²) >= 11 is 6.34. The summed E-state index contributed by atoms with van der Waals surface area (Å²) in [6.07, 6.45) is 2.40. The second-order valence-corrected chi connectivity index (χ2v) is 8.93. The van der Waals surface area contributed by atoms with Gasteiger partial charge < -0.3 is 9.84 Å². The van der Waals surface area contributed by atoms with Crippen LogP contribution in [0.4, 0.5) is 0 Å². The van der Waals surface area contributed by atoms with Crippen LogP contribution in [0.3, 0.4) is 0 Å². The zero-order chi connectivity index (χ0) is 22.1. The van der Waals surface area contributed by atoms with Crippen LogP contribution in [0.5, 0.6) is 5.75 Å². The van der Waals surface area contributed by atoms with Crippen molar-refractivity contribution in [2.75, 3.05) is 0 Å². The molecule has 1 aromatic carbocycles. The van der Waals surface area contributed by atoms with Gasteiger partial charge in [0.15, 0.2) is 5.82 Å². The van der Waals surface area contributed by atoms with Crippen molar-refractivity contribution in [2.45, 2.75) is 53.4 Å². The zero-order valence-electron chi connectivity index (χ0n) is 17.8. The normalized spacial score (nSPS) is 12.9. The number of halogens is 1. The van der Waals surface area contributed by atoms with Gasteiger partial charge >= 0.3 is 5.69 Å². The van der Waals surface area contributed by atoms with E-state index in [1.807, 2.05) is 34.6 Å². The highest BCUT2D eigenvalue weighted by atomic mass is 35.5. The molecule has 0 amide bonds. The number of nitrogens with zero attached hydrogens (tertiary/aromatic N) is 4. The number of ether oxygens (including phenoxy) is 1. The molecule has 0 saturated carbocycles. The molecule has 0 saturated heterocycles. The minimum Gasteiger partial charge on any atom is -0.491 e. The first-order valence-electron chi connectivity index (χ1n) is 9.83. The molecule has 7 nitrogen and oxygen atoms in total. The Morgan fingerprint density at radius 3 is 2.40 bits per heavy atom. The molecule has 3 rings (SSSR count). The number of aliphatic hydroxyl groups excluding tert-OH is 1. The van der Waals surface area contributed by atoms with Gasteiger partial charge in [-0.25, -0.2) is 14.0 Å². The number of benzene rings is 1. The fraction of sp³-hybridized carbons (Fsp3) is 0.409. The molecule has 0 bridgehead atoms. The van der Waals surface area contributed by atoms with Gasteiger partial charge in [-0.15, -0.1) is 5.10 Å². The van der Waals surface area contributed by atoms with Gasteiger partial charge in [0.2, 0.25) is 0 Å². The number of pyridine rings is 1. The van der Waals surface area contributed by atoms with Crippen LogP contribution in [0, 0.1) is 5.41 Å². The lowest BCUT2D eigenvalue weighted by atomic mass is 9.89. The van der Waals surface area contributed by atoms with Crippen molar-refractivity contribution in [1.29, 1.82) is 0 Å². The molecule has 0 aliphatic rings. The second-order valence-electron chi connectivity index (χ2n) is 8.52. The Bertz CT molecular complexity index is 1070. The van der Waals surface area contributed by atoms with E-state index in [4.69, 9.17) is 16.3 Å². The van der Waals surface area contributed by atoms with Gasteiger partial charge in [0, 0.05) is 18.0 Å². The third-order valence-corrected chi connectivity index (χ3v) is 4.97. The van der Waals surface area contributed by atoms with Gasteiger partial charge in [0.1, 0.15) is 5.75 Å². The number of rotatable bonds is 6. The Morgan fingerprint density at radius 2 is 1.83 bits per heavy atom. The SMILES string of the molecule is CC(C)Oc1ccc(-n2c(-c3ccncc3Cl)nn(CC(O)C(C)(C)C)c2=O)cc1. The highest BCUT2D eigenvalue weighted by Gasteiger charge is 2.26. The number of hydrogen-bond acceptors (Lipinski definition) is 5. The average molecular weight is 431 g/mol. The summed E-state index contributed by atoms with van der Waals surface area (Å²) in [4.78, 5) is 17.3. The largest absolute Gasteiger partial charge is 0.491 e. The van der Waals surface area contributed by atoms with Gasteiger partial charge in [-0.2, -0.15) is 0 Å². The molecular formula is C22H27ClN4O3. The molecule has 1 atom stereocenters. The fourth-order valence-corrected chi connectivity index (χ4v) is 3.08. The van der Waals surface area contributed by atoms with E-state index in [-0.39, 0.29) is 18.3 Å². The van der Waals surface area contributed by atoms with E-state index in [1.54, 1.807) is 36.5 Å². The third-order valence-electron chi connectivity index (χ3n) is 4.66. The van der Waals surface area contributed by atoms with E-state index < -0.39 is 11.5 Å². The molecule has 0 aliphatic heterocycles. The Balaban J connectivity index is 2.13. The van der Waals surface area contributed by atoms with Crippen molar-refractivity contribution in [2.24, 2.45) is 5.41 Å². The van der Waals surface area contributed by atoms with Crippen LogP contribution in [0.15, 0.2) is 47.5 Å². The smallest absolute Gasteiger partial charge is 0.350 e. The van der Waals surface area contributed by atoms with Crippen molar-refractivity contribution in [3.8, 4) is 22.8 Å². The predicted octanol–water partition coefficient (Wildman–Crippen LogP) is 3.94. The monoisotopic (exact) mass is 430 g/mol. The van der Waals surface area contributed by atoms with E-state index >= 15 is 0 Å². The predicted molar refractivity (Wildman–Crippen MR) is 117 cm³/mol. The van der Waals surface area contributed by atoms with Crippen LogP contribution in [0.2, 0.25) is 5.02 Å². The van der Waals surface area contributed by atoms with Crippen LogP contribution in [-0.4, -0.2) is 36.6 Å². The van der Waals surface area contributed by atoms with Crippen LogP contribution in [0.25, 0.3) is 17.1 Å². The maximum Gasteiger partial charge on any atom is 0.350 e. The van der Waals surface area contributed by atoms with Crippen LogP contribution in [0.1, 0.15) is 34.6 Å². The minimum atomic E-state index is -0.749. The van der Waals surface area contributed by atoms with E-state index in [2.05, 4.69) is 10.1 Å². The number of aromatic nitrogens is 4. The fourth-order valence-electron chi connectivity index (χ4n) is 2.87. The first kappa shape index (κ1) is 22.1. The molecule has 0 spiro atoms. The topological polar surface area (TPSA) is 82.2 Å². The quantitative estimate of drug-likeness (QED) is 0.640. The molecule has 1 unspecified atom stereocenters. The number of aliphatic hydroxyl groups is 1. The molecule has 0 radical (unpaired) electrons. The highest BCUT2D eigenvalue weighted by molar-refractivity contribution is 6.33. The average Bonchev–Trinajstić information content (AvgIpc) is 2.98. The molecule has 8 heteroatoms. The van der Waals surface area contributed by atoms with E-state index in [1.165, 1.54) is 15.4 Å². The molecule has 2 heterocycles. The summed E-state index contributed by atoms with van der Waals surface area (Å²) < 4.78 is 8.45. The molecule has 0 aliphatic carbocycles. The lowest BCUT2D eigenvalue weighted by molar-refractivity contribution is 0.0441. The molecule has 2 aromatic heterocycles. The van der Waals surface area contributed by atoms with Gasteiger partial charge in [-0.05, 0) is 49.6 Å². The maximum atomic E-state index is 13.3. The van der Waals surface area contributed by atoms with Gasteiger partial charge in [-0.1, -0.05) is 32.4 Å². The van der Waals surface area contributed by atoms with Crippen LogP contribution in [-0.2, 0) is 6.54 Å². The Hall–Kier alpha value is -2.64. The summed E-state index contributed by atoms with van der Waals surface area (Å²) in [6.45, 7) is 9.70. The van der Waals surface area contributed by atoms with Crippen LogP contribution < -0.4 is 10.4 Å². The lowest BCUT2D eigenvalue weighted by Gasteiger charge is -2.25. The van der Waals surface area contributed by atoms with Gasteiger partial charge in [0.25, 0.3) is 0 Å². The molecule has 160 valence electrons. The van der Waals surface area contributed by atoms with Crippen molar-refractivity contribution >= 4 is 11.6 Å². The standard InChI is InChI=1S/C22H27ClN4O3/c1-14(2)30-16-8-6-15(7-9-16)27-20(17-10-11-24-12-18(17)23)25-26(21(27)29)13-19(28)22(3,4)5/h6-12,14,19,28H,13H2,1-5H3. The third kappa shape index (κ3) is 4.74. The summed E-state index contributed by atoms with van der Waals surface area (Å²) in [5.74, 6) is 1.09. The Labute approximate surface area is 180 Å². The lowest BCUT2D eigenvalue weighted by Crippen LogP contribution is -2.35. The zero-order valence-corrected chi connectivity index (χ0v) is 18.6. The maximum absolute atomic E-state index is 13.3. The Morgan fingerprint density at radius 1 is 1.17 bits per heavy atom. The minimum absolute atomic E-state index is 0.0476. The highest BCUT2D eigenvalue weighted by Crippen LogP contribution is 2.27. The first-order chi connectivity index (χ1) is 14.1.